The second kappa shape index (κ2) is 2.17. The molecule has 0 spiro atoms. The van der Waals surface area contributed by atoms with Crippen LogP contribution in [0.1, 0.15) is 0 Å². The molecule has 0 saturated carbocycles. The first-order valence-electron chi connectivity index (χ1n) is 3.38. The third-order valence-electron chi connectivity index (χ3n) is 2.00. The SMILES string of the molecule is OC1CO[C@H]2[C@@H]1OC[C@@H]2O. The first kappa shape index (κ1) is 6.54. The lowest BCUT2D eigenvalue weighted by molar-refractivity contribution is 0.00205. The number of aliphatic hydroxyl groups excluding tert-OH is 2. The average molecular weight is 146 g/mol. The molecule has 0 amide bonds. The molecule has 4 atom stereocenters. The Balaban J connectivity index is 2.09. The smallest absolute Gasteiger partial charge is 0.114 e. The van der Waals surface area contributed by atoms with E-state index in [1.54, 1.807) is 0 Å². The molecule has 2 aliphatic heterocycles. The molecule has 2 heterocycles. The number of fused-ring (bicyclic) bond motifs is 1. The molecule has 4 nitrogen and oxygen atoms in total. The topological polar surface area (TPSA) is 58.9 Å². The van der Waals surface area contributed by atoms with Gasteiger partial charge in [-0.2, -0.15) is 0 Å². The van der Waals surface area contributed by atoms with Crippen LogP contribution in [0.15, 0.2) is 0 Å². The van der Waals surface area contributed by atoms with Crippen LogP contribution in [0.2, 0.25) is 0 Å². The van der Waals surface area contributed by atoms with Gasteiger partial charge in [-0.25, -0.2) is 0 Å². The highest BCUT2D eigenvalue weighted by molar-refractivity contribution is 4.93. The standard InChI is InChI=1S/C6H10O4/c7-3-1-9-6-4(8)2-10-5(3)6/h3-8H,1-2H2/t3-,4?,5+,6+/m0/s1. The van der Waals surface area contributed by atoms with Crippen LogP contribution in [0, 0.1) is 0 Å². The first-order valence-corrected chi connectivity index (χ1v) is 3.38. The fourth-order valence-electron chi connectivity index (χ4n) is 1.46. The molecule has 2 N–H and O–H groups in total. The van der Waals surface area contributed by atoms with Gasteiger partial charge < -0.3 is 19.7 Å². The summed E-state index contributed by atoms with van der Waals surface area (Å²) in [6.45, 7) is 0.568. The molecular weight excluding hydrogens is 136 g/mol. The lowest BCUT2D eigenvalue weighted by Crippen LogP contribution is -2.30. The van der Waals surface area contributed by atoms with E-state index in [1.807, 2.05) is 0 Å². The largest absolute Gasteiger partial charge is 0.388 e. The second-order valence-electron chi connectivity index (χ2n) is 2.73. The zero-order valence-corrected chi connectivity index (χ0v) is 5.43. The van der Waals surface area contributed by atoms with Crippen molar-refractivity contribution in [3.63, 3.8) is 0 Å². The molecule has 2 fully saturated rings. The number of hydrogen-bond donors (Lipinski definition) is 2. The Morgan fingerprint density at radius 1 is 0.900 bits per heavy atom. The maximum atomic E-state index is 9.16. The van der Waals surface area contributed by atoms with E-state index in [0.717, 1.165) is 0 Å². The summed E-state index contributed by atoms with van der Waals surface area (Å²) in [7, 11) is 0. The van der Waals surface area contributed by atoms with E-state index in [2.05, 4.69) is 0 Å². The van der Waals surface area contributed by atoms with Gasteiger partial charge in [0.1, 0.15) is 24.4 Å². The summed E-state index contributed by atoms with van der Waals surface area (Å²) >= 11 is 0. The maximum absolute atomic E-state index is 9.16. The van der Waals surface area contributed by atoms with Crippen molar-refractivity contribution >= 4 is 0 Å². The molecule has 0 bridgehead atoms. The van der Waals surface area contributed by atoms with Crippen molar-refractivity contribution in [2.24, 2.45) is 0 Å². The van der Waals surface area contributed by atoms with Crippen molar-refractivity contribution in [1.82, 2.24) is 0 Å². The minimum Gasteiger partial charge on any atom is -0.388 e. The number of hydrogen-bond acceptors (Lipinski definition) is 4. The Hall–Kier alpha value is -0.160. The van der Waals surface area contributed by atoms with Gasteiger partial charge in [0.05, 0.1) is 13.2 Å². The predicted octanol–water partition coefficient (Wildman–Crippen LogP) is -1.49. The lowest BCUT2D eigenvalue weighted by Gasteiger charge is -2.09. The van der Waals surface area contributed by atoms with Crippen molar-refractivity contribution in [3.8, 4) is 0 Å². The molecule has 0 aromatic heterocycles. The Labute approximate surface area is 58.4 Å². The van der Waals surface area contributed by atoms with Gasteiger partial charge in [-0.3, -0.25) is 0 Å². The van der Waals surface area contributed by atoms with Crippen LogP contribution in [0.3, 0.4) is 0 Å². The van der Waals surface area contributed by atoms with E-state index in [0.29, 0.717) is 0 Å². The van der Waals surface area contributed by atoms with Crippen molar-refractivity contribution in [3.05, 3.63) is 0 Å². The summed E-state index contributed by atoms with van der Waals surface area (Å²) in [6.07, 6.45) is -1.70. The highest BCUT2D eigenvalue weighted by Gasteiger charge is 2.46. The van der Waals surface area contributed by atoms with Crippen molar-refractivity contribution < 1.29 is 19.7 Å². The summed E-state index contributed by atoms with van der Waals surface area (Å²) < 4.78 is 10.2. The van der Waals surface area contributed by atoms with E-state index >= 15 is 0 Å². The van der Waals surface area contributed by atoms with Crippen LogP contribution in [-0.2, 0) is 9.47 Å². The van der Waals surface area contributed by atoms with Crippen LogP contribution in [0.5, 0.6) is 0 Å². The van der Waals surface area contributed by atoms with Crippen LogP contribution in [-0.4, -0.2) is 47.8 Å². The minimum atomic E-state index is -0.554. The van der Waals surface area contributed by atoms with Gasteiger partial charge in [-0.05, 0) is 0 Å². The monoisotopic (exact) mass is 146 g/mol. The zero-order chi connectivity index (χ0) is 7.14. The predicted molar refractivity (Wildman–Crippen MR) is 31.5 cm³/mol. The molecule has 2 rings (SSSR count). The third kappa shape index (κ3) is 0.769. The van der Waals surface area contributed by atoms with E-state index in [-0.39, 0.29) is 25.4 Å². The highest BCUT2D eigenvalue weighted by Crippen LogP contribution is 2.26. The molecule has 4 heteroatoms. The summed E-state index contributed by atoms with van der Waals surface area (Å²) in [5.74, 6) is 0. The summed E-state index contributed by atoms with van der Waals surface area (Å²) in [4.78, 5) is 0. The van der Waals surface area contributed by atoms with E-state index in [9.17, 15) is 0 Å². The lowest BCUT2D eigenvalue weighted by atomic mass is 10.1. The molecule has 0 radical (unpaired) electrons. The minimum absolute atomic E-state index is 0.284. The molecule has 58 valence electrons. The van der Waals surface area contributed by atoms with Gasteiger partial charge in [0, 0.05) is 0 Å². The van der Waals surface area contributed by atoms with Gasteiger partial charge in [0.25, 0.3) is 0 Å². The molecule has 2 aliphatic rings. The van der Waals surface area contributed by atoms with E-state index < -0.39 is 12.2 Å². The fourth-order valence-corrected chi connectivity index (χ4v) is 1.46. The van der Waals surface area contributed by atoms with E-state index in [4.69, 9.17) is 19.7 Å². The quantitative estimate of drug-likeness (QED) is 0.437. The molecule has 0 aromatic rings. The molecule has 0 aliphatic carbocycles. The molecule has 10 heavy (non-hydrogen) atoms. The average Bonchev–Trinajstić information content (AvgIpc) is 2.41. The molecule has 0 aromatic carbocycles. The zero-order valence-electron chi connectivity index (χ0n) is 5.43. The van der Waals surface area contributed by atoms with Crippen LogP contribution in [0.25, 0.3) is 0 Å². The maximum Gasteiger partial charge on any atom is 0.114 e. The molecular formula is C6H10O4. The van der Waals surface area contributed by atoms with Gasteiger partial charge in [-0.1, -0.05) is 0 Å². The van der Waals surface area contributed by atoms with Gasteiger partial charge in [-0.15, -0.1) is 0 Å². The van der Waals surface area contributed by atoms with Crippen molar-refractivity contribution in [1.29, 1.82) is 0 Å². The second-order valence-corrected chi connectivity index (χ2v) is 2.73. The van der Waals surface area contributed by atoms with Crippen molar-refractivity contribution in [2.45, 2.75) is 24.4 Å². The van der Waals surface area contributed by atoms with Crippen molar-refractivity contribution in [2.75, 3.05) is 13.2 Å². The summed E-state index contributed by atoms with van der Waals surface area (Å²) in [5, 5.41) is 18.3. The van der Waals surface area contributed by atoms with Crippen LogP contribution >= 0.6 is 0 Å². The number of rotatable bonds is 0. The number of ether oxygens (including phenoxy) is 2. The Morgan fingerprint density at radius 3 is 1.70 bits per heavy atom. The molecule has 2 saturated heterocycles. The first-order chi connectivity index (χ1) is 4.79. The fraction of sp³-hybridized carbons (Fsp3) is 1.00. The highest BCUT2D eigenvalue weighted by atomic mass is 16.6. The Bertz CT molecular complexity index is 122. The van der Waals surface area contributed by atoms with Crippen LogP contribution < -0.4 is 0 Å². The summed E-state index contributed by atoms with van der Waals surface area (Å²) in [6, 6.07) is 0. The van der Waals surface area contributed by atoms with Gasteiger partial charge in [0.2, 0.25) is 0 Å². The third-order valence-corrected chi connectivity index (χ3v) is 2.00. The van der Waals surface area contributed by atoms with Crippen LogP contribution in [0.4, 0.5) is 0 Å². The number of aliphatic hydroxyl groups is 2. The van der Waals surface area contributed by atoms with E-state index in [1.165, 1.54) is 0 Å². The van der Waals surface area contributed by atoms with Gasteiger partial charge >= 0.3 is 0 Å². The Morgan fingerprint density at radius 2 is 1.30 bits per heavy atom. The Kier molecular flexibility index (Phi) is 1.42. The normalized spacial score (nSPS) is 53.4. The summed E-state index contributed by atoms with van der Waals surface area (Å²) in [5.41, 5.74) is 0. The van der Waals surface area contributed by atoms with Gasteiger partial charge in [0.15, 0.2) is 0 Å². The molecule has 1 unspecified atom stereocenters.